The van der Waals surface area contributed by atoms with E-state index in [1.807, 2.05) is 18.2 Å². The van der Waals surface area contributed by atoms with E-state index in [9.17, 15) is 4.79 Å². The molecule has 0 spiro atoms. The van der Waals surface area contributed by atoms with Gasteiger partial charge < -0.3 is 5.32 Å². The van der Waals surface area contributed by atoms with Gasteiger partial charge in [-0.05, 0) is 60.7 Å². The first kappa shape index (κ1) is 19.5. The SMILES string of the molecule is O=C(Nc1ccccc1)C(N=Nc1ccc(Cl)cc1)=NNc1ccc(Cl)cc1. The zero-order chi connectivity index (χ0) is 19.8. The molecule has 8 heteroatoms. The van der Waals surface area contributed by atoms with E-state index >= 15 is 0 Å². The maximum absolute atomic E-state index is 12.6. The second-order valence-corrected chi connectivity index (χ2v) is 6.42. The molecule has 3 aromatic carbocycles. The lowest BCUT2D eigenvalue weighted by atomic mass is 10.3. The first-order valence-electron chi connectivity index (χ1n) is 8.23. The van der Waals surface area contributed by atoms with Gasteiger partial charge in [-0.3, -0.25) is 10.2 Å². The molecule has 140 valence electrons. The largest absolute Gasteiger partial charge is 0.319 e. The molecule has 3 rings (SSSR count). The van der Waals surface area contributed by atoms with E-state index in [0.29, 0.717) is 27.1 Å². The van der Waals surface area contributed by atoms with Gasteiger partial charge in [0.1, 0.15) is 0 Å². The molecule has 3 aromatic rings. The molecule has 0 fully saturated rings. The van der Waals surface area contributed by atoms with Gasteiger partial charge in [0, 0.05) is 15.7 Å². The van der Waals surface area contributed by atoms with E-state index in [1.165, 1.54) is 0 Å². The van der Waals surface area contributed by atoms with Gasteiger partial charge in [0.15, 0.2) is 0 Å². The fourth-order valence-corrected chi connectivity index (χ4v) is 2.33. The summed E-state index contributed by atoms with van der Waals surface area (Å²) in [4.78, 5) is 12.6. The number of benzene rings is 3. The Morgan fingerprint density at radius 3 is 2.00 bits per heavy atom. The zero-order valence-corrected chi connectivity index (χ0v) is 16.0. The summed E-state index contributed by atoms with van der Waals surface area (Å²) in [6, 6.07) is 22.6. The topological polar surface area (TPSA) is 78.2 Å². The average Bonchev–Trinajstić information content (AvgIpc) is 2.71. The molecule has 0 aromatic heterocycles. The molecule has 1 amide bonds. The fourth-order valence-electron chi connectivity index (χ4n) is 2.08. The van der Waals surface area contributed by atoms with Gasteiger partial charge in [-0.15, -0.1) is 15.3 Å². The highest BCUT2D eigenvalue weighted by Crippen LogP contribution is 2.17. The second-order valence-electron chi connectivity index (χ2n) is 5.55. The lowest BCUT2D eigenvalue weighted by Gasteiger charge is -2.05. The van der Waals surface area contributed by atoms with Crippen LogP contribution in [0.5, 0.6) is 0 Å². The number of nitrogens with zero attached hydrogens (tertiary/aromatic N) is 3. The predicted octanol–water partition coefficient (Wildman–Crippen LogP) is 6.14. The minimum Gasteiger partial charge on any atom is -0.319 e. The zero-order valence-electron chi connectivity index (χ0n) is 14.5. The molecule has 0 atom stereocenters. The number of hydrogen-bond acceptors (Lipinski definition) is 4. The van der Waals surface area contributed by atoms with E-state index in [0.717, 1.165) is 0 Å². The highest BCUT2D eigenvalue weighted by molar-refractivity contribution is 6.42. The summed E-state index contributed by atoms with van der Waals surface area (Å²) in [5, 5.41) is 16.0. The van der Waals surface area contributed by atoms with Crippen molar-refractivity contribution in [1.82, 2.24) is 0 Å². The molecule has 0 saturated carbocycles. The molecule has 28 heavy (non-hydrogen) atoms. The first-order valence-corrected chi connectivity index (χ1v) is 8.99. The number of hydrazone groups is 1. The number of para-hydroxylation sites is 1. The summed E-state index contributed by atoms with van der Waals surface area (Å²) in [6.07, 6.45) is 0. The second kappa shape index (κ2) is 9.64. The molecule has 0 heterocycles. The summed E-state index contributed by atoms with van der Waals surface area (Å²) in [7, 11) is 0. The number of amides is 1. The lowest BCUT2D eigenvalue weighted by Crippen LogP contribution is -2.22. The molecule has 0 aliphatic heterocycles. The minimum atomic E-state index is -0.509. The number of azo groups is 1. The van der Waals surface area contributed by atoms with Crippen molar-refractivity contribution in [1.29, 1.82) is 0 Å². The van der Waals surface area contributed by atoms with Crippen LogP contribution in [0.25, 0.3) is 0 Å². The number of rotatable bonds is 4. The van der Waals surface area contributed by atoms with Crippen molar-refractivity contribution in [2.45, 2.75) is 0 Å². The molecule has 0 bridgehead atoms. The van der Waals surface area contributed by atoms with Crippen molar-refractivity contribution < 1.29 is 4.79 Å². The quantitative estimate of drug-likeness (QED) is 0.234. The highest BCUT2D eigenvalue weighted by Gasteiger charge is 2.12. The van der Waals surface area contributed by atoms with Crippen molar-refractivity contribution in [3.8, 4) is 0 Å². The van der Waals surface area contributed by atoms with E-state index in [2.05, 4.69) is 26.1 Å². The van der Waals surface area contributed by atoms with E-state index < -0.39 is 5.91 Å². The van der Waals surface area contributed by atoms with Crippen LogP contribution in [0.2, 0.25) is 10.0 Å². The maximum Gasteiger partial charge on any atom is 0.297 e. The Morgan fingerprint density at radius 1 is 0.750 bits per heavy atom. The smallest absolute Gasteiger partial charge is 0.297 e. The Kier molecular flexibility index (Phi) is 6.73. The van der Waals surface area contributed by atoms with Gasteiger partial charge in [-0.25, -0.2) is 0 Å². The minimum absolute atomic E-state index is 0.145. The van der Waals surface area contributed by atoms with Gasteiger partial charge >= 0.3 is 0 Å². The van der Waals surface area contributed by atoms with Crippen molar-refractivity contribution >= 4 is 52.0 Å². The van der Waals surface area contributed by atoms with Gasteiger partial charge in [-0.2, -0.15) is 0 Å². The molecule has 0 unspecified atom stereocenters. The summed E-state index contributed by atoms with van der Waals surface area (Å²) < 4.78 is 0. The summed E-state index contributed by atoms with van der Waals surface area (Å²) in [6.45, 7) is 0. The molecule has 2 N–H and O–H groups in total. The highest BCUT2D eigenvalue weighted by atomic mass is 35.5. The Hall–Kier alpha value is -3.22. The monoisotopic (exact) mass is 411 g/mol. The standard InChI is InChI=1S/C20H15Cl2N5O/c21-14-6-10-17(11-7-14)24-26-19(20(28)23-16-4-2-1-3-5-16)27-25-18-12-8-15(22)9-13-18/h1-13,24H,(H,23,28). The Balaban J connectivity index is 1.81. The number of hydrogen-bond donors (Lipinski definition) is 2. The molecule has 0 radical (unpaired) electrons. The number of halogens is 2. The van der Waals surface area contributed by atoms with Gasteiger partial charge in [0.2, 0.25) is 0 Å². The molecular weight excluding hydrogens is 397 g/mol. The van der Waals surface area contributed by atoms with E-state index in [1.54, 1.807) is 60.7 Å². The molecule has 0 aliphatic rings. The lowest BCUT2D eigenvalue weighted by molar-refractivity contribution is -0.110. The van der Waals surface area contributed by atoms with Crippen LogP contribution >= 0.6 is 23.2 Å². The number of amidine groups is 1. The molecular formula is C20H15Cl2N5O. The van der Waals surface area contributed by atoms with Gasteiger partial charge in [-0.1, -0.05) is 41.4 Å². The first-order chi connectivity index (χ1) is 13.6. The Morgan fingerprint density at radius 2 is 1.36 bits per heavy atom. The van der Waals surface area contributed by atoms with Crippen LogP contribution in [0.3, 0.4) is 0 Å². The molecule has 0 aliphatic carbocycles. The number of carbonyl (C=O) groups excluding carboxylic acids is 1. The van der Waals surface area contributed by atoms with Crippen LogP contribution in [0.4, 0.5) is 17.1 Å². The van der Waals surface area contributed by atoms with Crippen molar-refractivity contribution in [3.63, 3.8) is 0 Å². The fraction of sp³-hybridized carbons (Fsp3) is 0. The third-order valence-electron chi connectivity index (χ3n) is 3.46. The molecule has 0 saturated heterocycles. The Bertz CT molecular complexity index is 987. The van der Waals surface area contributed by atoms with Crippen LogP contribution in [0.1, 0.15) is 0 Å². The van der Waals surface area contributed by atoms with Crippen molar-refractivity contribution in [2.75, 3.05) is 10.7 Å². The predicted molar refractivity (Wildman–Crippen MR) is 114 cm³/mol. The van der Waals surface area contributed by atoms with Crippen molar-refractivity contribution in [3.05, 3.63) is 88.9 Å². The summed E-state index contributed by atoms with van der Waals surface area (Å²) in [5.41, 5.74) is 4.58. The average molecular weight is 412 g/mol. The third-order valence-corrected chi connectivity index (χ3v) is 3.96. The van der Waals surface area contributed by atoms with Crippen LogP contribution in [0.15, 0.2) is 94.2 Å². The third kappa shape index (κ3) is 5.90. The van der Waals surface area contributed by atoms with Gasteiger partial charge in [0.25, 0.3) is 11.7 Å². The Labute approximate surface area is 171 Å². The van der Waals surface area contributed by atoms with Gasteiger partial charge in [0.05, 0.1) is 11.4 Å². The summed E-state index contributed by atoms with van der Waals surface area (Å²) in [5.74, 6) is -0.654. The van der Waals surface area contributed by atoms with E-state index in [4.69, 9.17) is 23.2 Å². The number of carbonyl (C=O) groups is 1. The van der Waals surface area contributed by atoms with Crippen molar-refractivity contribution in [2.24, 2.45) is 15.3 Å². The summed E-state index contributed by atoms with van der Waals surface area (Å²) >= 11 is 11.7. The van der Waals surface area contributed by atoms with Crippen LogP contribution in [0, 0.1) is 0 Å². The normalized spacial score (nSPS) is 11.4. The van der Waals surface area contributed by atoms with Crippen LogP contribution in [-0.4, -0.2) is 11.7 Å². The number of anilines is 2. The van der Waals surface area contributed by atoms with Crippen LogP contribution < -0.4 is 10.7 Å². The van der Waals surface area contributed by atoms with E-state index in [-0.39, 0.29) is 5.84 Å². The number of nitrogens with one attached hydrogen (secondary N) is 2. The maximum atomic E-state index is 12.6. The molecule has 6 nitrogen and oxygen atoms in total. The van der Waals surface area contributed by atoms with Crippen LogP contribution in [-0.2, 0) is 4.79 Å².